The highest BCUT2D eigenvalue weighted by molar-refractivity contribution is 7.80. The normalized spacial score (nSPS) is 15.9. The molecule has 3 rings (SSSR count). The van der Waals surface area contributed by atoms with Crippen molar-refractivity contribution in [2.24, 2.45) is 17.2 Å². The van der Waals surface area contributed by atoms with E-state index in [0.717, 1.165) is 0 Å². The number of carbonyl (C=O) groups is 7. The zero-order valence-electron chi connectivity index (χ0n) is 30.3. The molecule has 0 aliphatic carbocycles. The fraction of sp³-hybridized carbons (Fsp3) is 0.472. The number of unbranched alkanes of at least 4 members (excludes halogenated alkanes) is 1. The highest BCUT2D eigenvalue weighted by atomic mass is 32.1. The van der Waals surface area contributed by atoms with Gasteiger partial charge < -0.3 is 53.8 Å². The third-order valence-corrected chi connectivity index (χ3v) is 9.25. The fourth-order valence-electron chi connectivity index (χ4n) is 5.93. The van der Waals surface area contributed by atoms with Crippen LogP contribution in [0.2, 0.25) is 0 Å². The number of rotatable bonds is 21. The Balaban J connectivity index is 1.69. The maximum absolute atomic E-state index is 13.7. The van der Waals surface area contributed by atoms with Crippen LogP contribution in [0.4, 0.5) is 4.39 Å². The Hall–Kier alpha value is -5.27. The molecule has 1 fully saturated rings. The first-order chi connectivity index (χ1) is 26.3. The number of phenols is 1. The lowest BCUT2D eigenvalue weighted by Crippen LogP contribution is -2.58. The van der Waals surface area contributed by atoms with E-state index in [1.54, 1.807) is 12.1 Å². The number of nitrogens with one attached hydrogen (secondary N) is 5. The number of hydrogen-bond donors (Lipinski definition) is 10. The number of hydrogen-bond acceptors (Lipinski definition) is 11. The number of nitrogens with zero attached hydrogens (tertiary/aromatic N) is 1. The topological polar surface area (TPSA) is 281 Å². The second-order valence-corrected chi connectivity index (χ2v) is 13.4. The van der Waals surface area contributed by atoms with Gasteiger partial charge >= 0.3 is 0 Å². The van der Waals surface area contributed by atoms with Crippen LogP contribution >= 0.6 is 12.6 Å². The molecular formula is C36H50FN9O8S. The Labute approximate surface area is 323 Å². The molecule has 1 aliphatic heterocycles. The van der Waals surface area contributed by atoms with Gasteiger partial charge in [-0.15, -0.1) is 0 Å². The lowest BCUT2D eigenvalue weighted by Gasteiger charge is -2.29. The van der Waals surface area contributed by atoms with Crippen molar-refractivity contribution in [3.63, 3.8) is 0 Å². The molecule has 17 nitrogen and oxygen atoms in total. The number of nitrogens with two attached hydrogens (primary N) is 3. The molecule has 0 radical (unpaired) electrons. The maximum Gasteiger partial charge on any atom is 0.246 e. The van der Waals surface area contributed by atoms with Crippen molar-refractivity contribution >= 4 is 54.0 Å². The Bertz CT molecular complexity index is 1650. The van der Waals surface area contributed by atoms with Crippen molar-refractivity contribution in [1.29, 1.82) is 0 Å². The Morgan fingerprint density at radius 3 is 1.98 bits per heavy atom. The minimum absolute atomic E-state index is 0.0265. The Morgan fingerprint density at radius 2 is 1.38 bits per heavy atom. The predicted octanol–water partition coefficient (Wildman–Crippen LogP) is -2.13. The highest BCUT2D eigenvalue weighted by Crippen LogP contribution is 2.20. The van der Waals surface area contributed by atoms with Crippen molar-refractivity contribution in [3.8, 4) is 5.75 Å². The lowest BCUT2D eigenvalue weighted by atomic mass is 10.0. The average molecular weight is 788 g/mol. The van der Waals surface area contributed by atoms with Gasteiger partial charge in [0.1, 0.15) is 41.8 Å². The summed E-state index contributed by atoms with van der Waals surface area (Å²) in [6, 6.07) is 5.73. The summed E-state index contributed by atoms with van der Waals surface area (Å²) in [5.74, 6) is -5.40. The summed E-state index contributed by atoms with van der Waals surface area (Å²) in [7, 11) is 0. The van der Waals surface area contributed by atoms with E-state index in [0.29, 0.717) is 43.4 Å². The number of phenolic OH excluding ortho intramolecular Hbond substituents is 1. The molecule has 5 atom stereocenters. The maximum atomic E-state index is 13.7. The van der Waals surface area contributed by atoms with Crippen molar-refractivity contribution < 1.29 is 43.1 Å². The first kappa shape index (κ1) is 44.1. The molecule has 1 saturated heterocycles. The van der Waals surface area contributed by atoms with Crippen LogP contribution in [0.15, 0.2) is 48.5 Å². The first-order valence-corrected chi connectivity index (χ1v) is 18.5. The van der Waals surface area contributed by atoms with Crippen molar-refractivity contribution in [2.75, 3.05) is 31.9 Å². The van der Waals surface area contributed by atoms with Crippen LogP contribution in [0.25, 0.3) is 0 Å². The number of carbonyl (C=O) groups excluding carboxylic acids is 7. The molecule has 300 valence electrons. The van der Waals surface area contributed by atoms with Crippen LogP contribution in [0.3, 0.4) is 0 Å². The van der Waals surface area contributed by atoms with Crippen LogP contribution in [0.5, 0.6) is 5.75 Å². The van der Waals surface area contributed by atoms with Gasteiger partial charge in [-0.05, 0) is 74.0 Å². The lowest BCUT2D eigenvalue weighted by molar-refractivity contribution is -0.141. The SMILES string of the molecule is NCCCC[C@H](NC(=O)CNC(=O)[C@@H]1CCCN1C(=O)[C@H](Cc1ccc(O)cc1)NC(=O)CN)C(=O)N[C@@H](Cc1ccc(F)cc1)C(=O)N[C@@H](CS)C(N)=O. The van der Waals surface area contributed by atoms with Gasteiger partial charge in [0.05, 0.1) is 13.1 Å². The minimum Gasteiger partial charge on any atom is -0.508 e. The van der Waals surface area contributed by atoms with Gasteiger partial charge in [0, 0.05) is 25.1 Å². The van der Waals surface area contributed by atoms with Gasteiger partial charge in [0.25, 0.3) is 0 Å². The summed E-state index contributed by atoms with van der Waals surface area (Å²) in [6.07, 6.45) is 1.80. The quantitative estimate of drug-likeness (QED) is 0.0485. The molecule has 0 bridgehead atoms. The second-order valence-electron chi connectivity index (χ2n) is 13.0. The van der Waals surface area contributed by atoms with Crippen LogP contribution in [-0.2, 0) is 46.4 Å². The van der Waals surface area contributed by atoms with E-state index >= 15 is 0 Å². The summed E-state index contributed by atoms with van der Waals surface area (Å²) < 4.78 is 13.6. The molecule has 1 aliphatic rings. The summed E-state index contributed by atoms with van der Waals surface area (Å²) >= 11 is 4.04. The molecule has 0 aromatic heterocycles. The Morgan fingerprint density at radius 1 is 0.800 bits per heavy atom. The molecule has 7 amide bonds. The number of aromatic hydroxyl groups is 1. The largest absolute Gasteiger partial charge is 0.508 e. The standard InChI is InChI=1S/C36H50FN9O8S/c37-23-10-6-21(7-11-23)16-26(34(52)45-28(20-55)32(40)50)44-33(51)25(4-1-2-14-38)42-31(49)19-41-35(53)29-5-3-15-46(29)36(54)27(43-30(48)18-39)17-22-8-12-24(47)13-9-22/h6-13,25-29,47,55H,1-5,14-20,38-39H2,(H2,40,50)(H,41,53)(H,42,49)(H,43,48)(H,44,51)(H,45,52)/t25-,26-,27-,28-,29-/m0/s1. The van der Waals surface area contributed by atoms with Gasteiger partial charge in [0.15, 0.2) is 0 Å². The molecular weight excluding hydrogens is 738 g/mol. The van der Waals surface area contributed by atoms with Crippen LogP contribution in [-0.4, -0.2) is 113 Å². The molecule has 0 saturated carbocycles. The van der Waals surface area contributed by atoms with E-state index < -0.39 is 83.9 Å². The molecule has 2 aromatic carbocycles. The third-order valence-electron chi connectivity index (χ3n) is 8.88. The zero-order valence-corrected chi connectivity index (χ0v) is 31.2. The summed E-state index contributed by atoms with van der Waals surface area (Å²) in [4.78, 5) is 92.4. The minimum atomic E-state index is -1.27. The third kappa shape index (κ3) is 14.1. The molecule has 12 N–H and O–H groups in total. The number of halogens is 1. The monoisotopic (exact) mass is 787 g/mol. The molecule has 55 heavy (non-hydrogen) atoms. The van der Waals surface area contributed by atoms with Gasteiger partial charge in [-0.3, -0.25) is 33.6 Å². The number of likely N-dealkylation sites (tertiary alicyclic amines) is 1. The summed E-state index contributed by atoms with van der Waals surface area (Å²) in [5.41, 5.74) is 17.6. The van der Waals surface area contributed by atoms with Crippen LogP contribution in [0.1, 0.15) is 43.2 Å². The van der Waals surface area contributed by atoms with Gasteiger partial charge in [-0.1, -0.05) is 24.3 Å². The molecule has 0 unspecified atom stereocenters. The van der Waals surface area contributed by atoms with E-state index in [4.69, 9.17) is 17.2 Å². The molecule has 19 heteroatoms. The van der Waals surface area contributed by atoms with E-state index in [1.165, 1.54) is 41.3 Å². The van der Waals surface area contributed by atoms with Crippen molar-refractivity contribution in [3.05, 3.63) is 65.5 Å². The average Bonchev–Trinajstić information content (AvgIpc) is 3.66. The molecule has 2 aromatic rings. The number of benzene rings is 2. The zero-order chi connectivity index (χ0) is 40.5. The van der Waals surface area contributed by atoms with Gasteiger partial charge in [-0.25, -0.2) is 4.39 Å². The van der Waals surface area contributed by atoms with Crippen LogP contribution in [0, 0.1) is 5.82 Å². The van der Waals surface area contributed by atoms with E-state index in [-0.39, 0.29) is 43.9 Å². The predicted molar refractivity (Wildman–Crippen MR) is 202 cm³/mol. The number of amides is 7. The Kier molecular flexibility index (Phi) is 17.8. The van der Waals surface area contributed by atoms with Gasteiger partial charge in [0.2, 0.25) is 41.4 Å². The second kappa shape index (κ2) is 22.2. The first-order valence-electron chi connectivity index (χ1n) is 17.9. The van der Waals surface area contributed by atoms with E-state index in [2.05, 4.69) is 39.2 Å². The number of primary amides is 1. The van der Waals surface area contributed by atoms with Crippen molar-refractivity contribution in [1.82, 2.24) is 31.5 Å². The van der Waals surface area contributed by atoms with E-state index in [9.17, 15) is 43.1 Å². The summed E-state index contributed by atoms with van der Waals surface area (Å²) in [6.45, 7) is -0.384. The smallest absolute Gasteiger partial charge is 0.246 e. The van der Waals surface area contributed by atoms with Gasteiger partial charge in [-0.2, -0.15) is 12.6 Å². The fourth-order valence-corrected chi connectivity index (χ4v) is 6.20. The highest BCUT2D eigenvalue weighted by Gasteiger charge is 2.38. The summed E-state index contributed by atoms with van der Waals surface area (Å²) in [5, 5.41) is 22.4. The molecule has 1 heterocycles. The number of thiol groups is 1. The molecule has 0 spiro atoms. The van der Waals surface area contributed by atoms with E-state index in [1.807, 2.05) is 0 Å². The van der Waals surface area contributed by atoms with Crippen LogP contribution < -0.4 is 43.8 Å². The van der Waals surface area contributed by atoms with Crippen molar-refractivity contribution in [2.45, 2.75) is 75.2 Å².